The van der Waals surface area contributed by atoms with Gasteiger partial charge in [0.1, 0.15) is 5.67 Å². The molecule has 42 heavy (non-hydrogen) atoms. The fraction of sp³-hybridized carbons (Fsp3) is 0.258. The van der Waals surface area contributed by atoms with Crippen LogP contribution in [0.5, 0.6) is 0 Å². The van der Waals surface area contributed by atoms with Crippen molar-refractivity contribution < 1.29 is 31.6 Å². The van der Waals surface area contributed by atoms with Gasteiger partial charge in [-0.25, -0.2) is 4.39 Å². The van der Waals surface area contributed by atoms with Crippen molar-refractivity contribution >= 4 is 50.2 Å². The number of likely N-dealkylation sites (tertiary alicyclic amines) is 1. The summed E-state index contributed by atoms with van der Waals surface area (Å²) < 4.78 is 62.5. The van der Waals surface area contributed by atoms with Crippen LogP contribution in [-0.4, -0.2) is 57.3 Å². The van der Waals surface area contributed by atoms with E-state index in [-0.39, 0.29) is 42.0 Å². The van der Waals surface area contributed by atoms with E-state index in [9.17, 15) is 27.2 Å². The molecule has 11 heteroatoms. The molecule has 2 aromatic heterocycles. The van der Waals surface area contributed by atoms with E-state index in [1.54, 1.807) is 59.6 Å². The van der Waals surface area contributed by atoms with Crippen LogP contribution in [0.2, 0.25) is 0 Å². The zero-order valence-corrected chi connectivity index (χ0v) is 24.4. The first-order chi connectivity index (χ1) is 19.9. The zero-order chi connectivity index (χ0) is 30.1. The van der Waals surface area contributed by atoms with Crippen molar-refractivity contribution in [2.45, 2.75) is 38.2 Å². The van der Waals surface area contributed by atoms with Gasteiger partial charge in [-0.15, -0.1) is 0 Å². The van der Waals surface area contributed by atoms with E-state index in [1.165, 1.54) is 19.1 Å². The number of halogens is 4. The van der Waals surface area contributed by atoms with E-state index < -0.39 is 23.3 Å². The van der Waals surface area contributed by atoms with Crippen LogP contribution in [0.15, 0.2) is 71.3 Å². The van der Waals surface area contributed by atoms with E-state index in [0.29, 0.717) is 29.8 Å². The Bertz CT molecular complexity index is 1640. The smallest absolute Gasteiger partial charge is 0.0536 e. The van der Waals surface area contributed by atoms with Crippen molar-refractivity contribution in [3.8, 4) is 11.1 Å². The number of hydrogen-bond donors (Lipinski definition) is 1. The number of fused-ring (bicyclic) bond motifs is 1. The summed E-state index contributed by atoms with van der Waals surface area (Å²) >= 11 is 2.31. The first-order valence-corrected chi connectivity index (χ1v) is 14.1. The van der Waals surface area contributed by atoms with Gasteiger partial charge in [-0.3, -0.25) is 4.79 Å². The number of aromatic nitrogens is 1. The van der Waals surface area contributed by atoms with Gasteiger partial charge in [-0.2, -0.15) is 13.2 Å². The Labute approximate surface area is 248 Å². The number of carbonyl (C=O) groups excluding carboxylic acids is 2. The molecule has 0 aliphatic carbocycles. The number of rotatable bonds is 6. The van der Waals surface area contributed by atoms with Crippen LogP contribution in [0, 0.1) is 0 Å². The molecule has 5 rings (SSSR count). The van der Waals surface area contributed by atoms with Crippen LogP contribution in [-0.2, 0) is 17.5 Å². The molecular formula is C31H26AsF4N3O3. The van der Waals surface area contributed by atoms with Gasteiger partial charge in [-0.05, 0) is 55.2 Å². The molecule has 0 saturated carbocycles. The molecule has 0 unspecified atom stereocenters. The third kappa shape index (κ3) is 6.93. The first-order valence-electron chi connectivity index (χ1n) is 13.2. The average molecular weight is 639 g/mol. The van der Waals surface area contributed by atoms with Crippen LogP contribution in [0.1, 0.15) is 47.0 Å². The standard InChI is InChI=1S/C31H26AsF4N3O3/c1-30(33)10-12-39(13-11-30)29(41)21-6-4-20(5-7-21)22-14-23-15-24(42-28(23)25(16-22)31(34,35)36)18-38-27(40)9-3-19-2-8-26(32)37-17-19/h2-9,14-17H,10-13,18H2,1H3,(H,38,40). The SMILES string of the molecule is CC1(F)CCN(C(=O)c2ccc(-c3cc(C(F)(F)F)c4oc(CNC(=O)C=Cc5ccc([As])nc5)cc4c3)cc2)CC1. The van der Waals surface area contributed by atoms with Gasteiger partial charge in [0.05, 0.1) is 5.56 Å². The third-order valence-electron chi connectivity index (χ3n) is 7.17. The molecule has 2 amide bonds. The van der Waals surface area contributed by atoms with Crippen LogP contribution in [0.25, 0.3) is 28.2 Å². The van der Waals surface area contributed by atoms with Crippen LogP contribution >= 0.6 is 0 Å². The minimum Gasteiger partial charge on any atom is -0.0536 e. The fourth-order valence-electron chi connectivity index (χ4n) is 4.74. The molecule has 6 nitrogen and oxygen atoms in total. The topological polar surface area (TPSA) is 75.4 Å². The predicted molar refractivity (Wildman–Crippen MR) is 152 cm³/mol. The fourth-order valence-corrected chi connectivity index (χ4v) is 5.01. The number of furan rings is 1. The molecule has 216 valence electrons. The molecule has 4 aromatic rings. The van der Waals surface area contributed by atoms with Gasteiger partial charge in [-0.1, -0.05) is 12.1 Å². The Morgan fingerprint density at radius 1 is 1.07 bits per heavy atom. The number of nitrogens with zero attached hydrogens (tertiary/aromatic N) is 2. The van der Waals surface area contributed by atoms with Gasteiger partial charge in [0.15, 0.2) is 0 Å². The molecule has 0 spiro atoms. The molecule has 1 aliphatic rings. The minimum atomic E-state index is -4.69. The summed E-state index contributed by atoms with van der Waals surface area (Å²) in [6.45, 7) is 2.03. The van der Waals surface area contributed by atoms with Gasteiger partial charge in [0.25, 0.3) is 5.91 Å². The summed E-state index contributed by atoms with van der Waals surface area (Å²) in [5.74, 6) is -0.521. The molecule has 1 saturated heterocycles. The van der Waals surface area contributed by atoms with E-state index >= 15 is 0 Å². The Hall–Kier alpha value is -3.91. The Kier molecular flexibility index (Phi) is 8.28. The van der Waals surface area contributed by atoms with Crippen molar-refractivity contribution in [3.63, 3.8) is 0 Å². The van der Waals surface area contributed by atoms with Crippen molar-refractivity contribution in [1.29, 1.82) is 0 Å². The number of amides is 2. The number of benzene rings is 2. The number of hydrogen-bond acceptors (Lipinski definition) is 4. The van der Waals surface area contributed by atoms with Crippen molar-refractivity contribution in [1.82, 2.24) is 15.2 Å². The van der Waals surface area contributed by atoms with E-state index in [4.69, 9.17) is 4.42 Å². The summed E-state index contributed by atoms with van der Waals surface area (Å²) in [5.41, 5.74) is -0.674. The summed E-state index contributed by atoms with van der Waals surface area (Å²) in [6, 6.07) is 13.9. The third-order valence-corrected chi connectivity index (χ3v) is 7.72. The maximum absolute atomic E-state index is 14.1. The second kappa shape index (κ2) is 11.8. The molecule has 2 aromatic carbocycles. The molecular weight excluding hydrogens is 613 g/mol. The molecule has 1 fully saturated rings. The van der Waals surface area contributed by atoms with Crippen molar-refractivity contribution in [2.75, 3.05) is 13.1 Å². The number of piperidine rings is 1. The van der Waals surface area contributed by atoms with Gasteiger partial charge in [0, 0.05) is 18.7 Å². The summed E-state index contributed by atoms with van der Waals surface area (Å²) in [7, 11) is 0. The second-order valence-electron chi connectivity index (χ2n) is 10.4. The Morgan fingerprint density at radius 2 is 1.79 bits per heavy atom. The van der Waals surface area contributed by atoms with Gasteiger partial charge >= 0.3 is 118 Å². The number of pyridine rings is 1. The summed E-state index contributed by atoms with van der Waals surface area (Å²) in [4.78, 5) is 30.8. The number of nitrogens with one attached hydrogen (secondary N) is 1. The van der Waals surface area contributed by atoms with Crippen LogP contribution in [0.3, 0.4) is 0 Å². The number of alkyl halides is 4. The van der Waals surface area contributed by atoms with E-state index in [0.717, 1.165) is 16.1 Å². The molecule has 0 bridgehead atoms. The molecule has 2 radical (unpaired) electrons. The molecule has 1 N–H and O–H groups in total. The van der Waals surface area contributed by atoms with E-state index in [2.05, 4.69) is 27.2 Å². The molecule has 0 atom stereocenters. The Morgan fingerprint density at radius 3 is 2.43 bits per heavy atom. The minimum absolute atomic E-state index is 0.108. The van der Waals surface area contributed by atoms with Gasteiger partial charge < -0.3 is 4.90 Å². The van der Waals surface area contributed by atoms with Crippen molar-refractivity contribution in [2.24, 2.45) is 0 Å². The molecule has 3 heterocycles. The first kappa shape index (κ1) is 29.6. The van der Waals surface area contributed by atoms with Crippen LogP contribution in [0.4, 0.5) is 17.6 Å². The van der Waals surface area contributed by atoms with Crippen LogP contribution < -0.4 is 9.80 Å². The quantitative estimate of drug-likeness (QED) is 0.169. The zero-order valence-electron chi connectivity index (χ0n) is 22.5. The number of carbonyl (C=O) groups is 2. The molecule has 1 aliphatic heterocycles. The monoisotopic (exact) mass is 639 g/mol. The summed E-state index contributed by atoms with van der Waals surface area (Å²) in [5, 5.41) is 2.84. The second-order valence-corrected chi connectivity index (χ2v) is 11.4. The normalized spacial score (nSPS) is 15.3. The maximum atomic E-state index is 14.1. The predicted octanol–water partition coefficient (Wildman–Crippen LogP) is 5.60. The van der Waals surface area contributed by atoms with Gasteiger partial charge in [0.2, 0.25) is 0 Å². The van der Waals surface area contributed by atoms with Crippen molar-refractivity contribution in [3.05, 3.63) is 89.3 Å². The summed E-state index contributed by atoms with van der Waals surface area (Å²) in [6.07, 6.45) is 0.317. The average Bonchev–Trinajstić information content (AvgIpc) is 3.37. The Balaban J connectivity index is 1.33. The van der Waals surface area contributed by atoms with E-state index in [1.807, 2.05) is 0 Å².